The van der Waals surface area contributed by atoms with Gasteiger partial charge in [0, 0.05) is 14.1 Å². The molecule has 0 spiro atoms. The van der Waals surface area contributed by atoms with E-state index in [1.165, 1.54) is 38.3 Å². The standard InChI is InChI=1S/C36H49N3O9Si/c1-12-19-46-35(44)37-29-31(48-49(10,11)36(4,5)6)24-15-18-27(45-9)28(21-24)47-25-16-13-23(14-17-25)20-26(34(42)43)38(7)33(41)30(22(2)3)39(8)32(29)40/h12-18,20-22,29-31H,1,19H2,2-11H3,(H,37,44)(H,42,43)/b26-20-/t29-,30-,31+/m0/s1. The van der Waals surface area contributed by atoms with Crippen molar-refractivity contribution in [3.8, 4) is 17.2 Å². The summed E-state index contributed by atoms with van der Waals surface area (Å²) in [6.07, 6.45) is 0.779. The number of carbonyl (C=O) groups excluding carboxylic acids is 3. The first-order chi connectivity index (χ1) is 22.8. The van der Waals surface area contributed by atoms with Gasteiger partial charge in [-0.1, -0.05) is 65.5 Å². The predicted octanol–water partition coefficient (Wildman–Crippen LogP) is 6.21. The second-order valence-corrected chi connectivity index (χ2v) is 18.5. The van der Waals surface area contributed by atoms with Crippen LogP contribution in [0.3, 0.4) is 0 Å². The van der Waals surface area contributed by atoms with Gasteiger partial charge in [-0.25, -0.2) is 9.59 Å². The number of nitrogens with one attached hydrogen (secondary N) is 1. The third kappa shape index (κ3) is 9.09. The molecule has 2 N–H and O–H groups in total. The van der Waals surface area contributed by atoms with Gasteiger partial charge in [0.15, 0.2) is 19.8 Å². The molecule has 0 aliphatic carbocycles. The summed E-state index contributed by atoms with van der Waals surface area (Å²) >= 11 is 0. The Hall–Kier alpha value is -4.62. The molecule has 0 saturated heterocycles. The zero-order chi connectivity index (χ0) is 36.8. The molecule has 4 rings (SSSR count). The summed E-state index contributed by atoms with van der Waals surface area (Å²) < 4.78 is 24.1. The van der Waals surface area contributed by atoms with E-state index in [0.29, 0.717) is 28.4 Å². The van der Waals surface area contributed by atoms with E-state index in [0.717, 1.165) is 4.90 Å². The van der Waals surface area contributed by atoms with E-state index in [1.807, 2.05) is 13.1 Å². The minimum Gasteiger partial charge on any atom is -0.493 e. The zero-order valence-electron chi connectivity index (χ0n) is 30.0. The highest BCUT2D eigenvalue weighted by atomic mass is 28.4. The molecule has 2 aliphatic rings. The third-order valence-electron chi connectivity index (χ3n) is 8.89. The SMILES string of the molecule is C=CCOC(=O)N[C@@H]1C(=O)N(C)[C@@H](C(C)C)C(=O)N(C)/C(C(=O)O)=C\c2ccc(cc2)Oc2cc(ccc2OC)[C@H]1O[Si](C)(C)C(C)(C)C. The second kappa shape index (κ2) is 15.7. The van der Waals surface area contributed by atoms with Gasteiger partial charge in [0.1, 0.15) is 36.2 Å². The van der Waals surface area contributed by atoms with Gasteiger partial charge >= 0.3 is 12.1 Å². The number of ether oxygens (including phenoxy) is 3. The average molecular weight is 696 g/mol. The molecule has 0 unspecified atom stereocenters. The molecule has 2 aromatic rings. The average Bonchev–Trinajstić information content (AvgIpc) is 3.03. The molecular weight excluding hydrogens is 646 g/mol. The van der Waals surface area contributed by atoms with Crippen LogP contribution in [0.1, 0.15) is 51.8 Å². The van der Waals surface area contributed by atoms with E-state index >= 15 is 0 Å². The second-order valence-electron chi connectivity index (χ2n) is 13.8. The number of hydrogen-bond acceptors (Lipinski definition) is 8. The molecule has 2 aromatic carbocycles. The Morgan fingerprint density at radius 3 is 2.24 bits per heavy atom. The number of rotatable bonds is 8. The lowest BCUT2D eigenvalue weighted by Crippen LogP contribution is -2.59. The topological polar surface area (TPSA) is 144 Å². The van der Waals surface area contributed by atoms with Crippen molar-refractivity contribution < 1.29 is 42.9 Å². The smallest absolute Gasteiger partial charge is 0.408 e. The number of benzene rings is 2. The number of likely N-dealkylation sites (N-methyl/N-ethyl adjacent to an activating group) is 2. The maximum Gasteiger partial charge on any atom is 0.408 e. The minimum absolute atomic E-state index is 0.113. The van der Waals surface area contributed by atoms with Crippen molar-refractivity contribution in [1.82, 2.24) is 15.1 Å². The maximum absolute atomic E-state index is 14.7. The van der Waals surface area contributed by atoms with Crippen molar-refractivity contribution in [3.05, 3.63) is 71.9 Å². The summed E-state index contributed by atoms with van der Waals surface area (Å²) in [4.78, 5) is 56.8. The summed E-state index contributed by atoms with van der Waals surface area (Å²) in [5.74, 6) is -1.96. The van der Waals surface area contributed by atoms with Crippen molar-refractivity contribution in [2.75, 3.05) is 27.8 Å². The van der Waals surface area contributed by atoms with E-state index in [-0.39, 0.29) is 17.3 Å². The van der Waals surface area contributed by atoms with Crippen molar-refractivity contribution in [2.45, 2.75) is 70.9 Å². The fraction of sp³-hybridized carbons (Fsp3) is 0.444. The van der Waals surface area contributed by atoms with Gasteiger partial charge in [0.05, 0.1) is 7.11 Å². The number of hydrogen-bond donors (Lipinski definition) is 2. The molecule has 0 saturated carbocycles. The summed E-state index contributed by atoms with van der Waals surface area (Å²) in [5.41, 5.74) is 0.700. The van der Waals surface area contributed by atoms with Crippen molar-refractivity contribution in [2.24, 2.45) is 5.92 Å². The number of carboxylic acids is 1. The summed E-state index contributed by atoms with van der Waals surface area (Å²) in [7, 11) is 1.61. The fourth-order valence-corrected chi connectivity index (χ4v) is 6.39. The molecule has 3 amide bonds. The molecule has 266 valence electrons. The number of nitrogens with zero attached hydrogens (tertiary/aromatic N) is 2. The van der Waals surface area contributed by atoms with Crippen LogP contribution in [0, 0.1) is 5.92 Å². The van der Waals surface area contributed by atoms with Crippen LogP contribution in [0.2, 0.25) is 18.1 Å². The molecule has 2 heterocycles. The summed E-state index contributed by atoms with van der Waals surface area (Å²) in [5, 5.41) is 12.6. The molecule has 0 aromatic heterocycles. The first-order valence-electron chi connectivity index (χ1n) is 16.0. The Morgan fingerprint density at radius 2 is 1.71 bits per heavy atom. The Morgan fingerprint density at radius 1 is 1.08 bits per heavy atom. The Bertz CT molecular complexity index is 1580. The van der Waals surface area contributed by atoms with Gasteiger partial charge in [-0.2, -0.15) is 0 Å². The predicted molar refractivity (Wildman–Crippen MR) is 189 cm³/mol. The number of carboxylic acid groups (broad SMARTS) is 1. The van der Waals surface area contributed by atoms with Crippen LogP contribution >= 0.6 is 0 Å². The van der Waals surface area contributed by atoms with Gasteiger partial charge in [-0.05, 0) is 65.5 Å². The molecule has 12 nitrogen and oxygen atoms in total. The lowest BCUT2D eigenvalue weighted by atomic mass is 9.97. The van der Waals surface area contributed by atoms with Crippen molar-refractivity contribution >= 4 is 38.3 Å². The molecule has 3 atom stereocenters. The molecule has 4 bridgehead atoms. The number of fused-ring (bicyclic) bond motifs is 9. The highest BCUT2D eigenvalue weighted by Gasteiger charge is 2.46. The summed E-state index contributed by atoms with van der Waals surface area (Å²) in [6, 6.07) is 9.24. The van der Waals surface area contributed by atoms with Crippen molar-refractivity contribution in [1.29, 1.82) is 0 Å². The summed E-state index contributed by atoms with van der Waals surface area (Å²) in [6.45, 7) is 17.2. The first kappa shape index (κ1) is 38.8. The van der Waals surface area contributed by atoms with E-state index in [2.05, 4.69) is 32.7 Å². The number of amides is 3. The van der Waals surface area contributed by atoms with E-state index < -0.39 is 56.3 Å². The van der Waals surface area contributed by atoms with Crippen LogP contribution in [0.5, 0.6) is 17.2 Å². The zero-order valence-corrected chi connectivity index (χ0v) is 31.0. The van der Waals surface area contributed by atoms with Crippen LogP contribution in [-0.4, -0.2) is 87.0 Å². The lowest BCUT2D eigenvalue weighted by Gasteiger charge is -2.42. The fourth-order valence-electron chi connectivity index (χ4n) is 5.13. The monoisotopic (exact) mass is 695 g/mol. The van der Waals surface area contributed by atoms with Crippen LogP contribution in [0.25, 0.3) is 6.08 Å². The number of alkyl carbamates (subject to hydrolysis) is 1. The van der Waals surface area contributed by atoms with Gasteiger partial charge < -0.3 is 38.9 Å². The molecular formula is C36H49N3O9Si. The van der Waals surface area contributed by atoms with Gasteiger partial charge in [0.25, 0.3) is 0 Å². The highest BCUT2D eigenvalue weighted by Crippen LogP contribution is 2.43. The first-order valence-corrected chi connectivity index (χ1v) is 18.9. The Balaban J connectivity index is 2.40. The quantitative estimate of drug-likeness (QED) is 0.243. The van der Waals surface area contributed by atoms with E-state index in [4.69, 9.17) is 18.6 Å². The number of methoxy groups -OCH3 is 1. The minimum atomic E-state index is -2.69. The molecule has 0 radical (unpaired) electrons. The third-order valence-corrected chi connectivity index (χ3v) is 13.3. The van der Waals surface area contributed by atoms with Gasteiger partial charge in [-0.15, -0.1) is 0 Å². The maximum atomic E-state index is 14.7. The molecule has 2 aliphatic heterocycles. The molecule has 13 heteroatoms. The number of aliphatic carboxylic acids is 1. The molecule has 0 fully saturated rings. The largest absolute Gasteiger partial charge is 0.493 e. The van der Waals surface area contributed by atoms with Gasteiger partial charge in [-0.3, -0.25) is 9.59 Å². The normalized spacial score (nSPS) is 20.2. The Kier molecular flexibility index (Phi) is 12.5. The van der Waals surface area contributed by atoms with Crippen LogP contribution in [0.4, 0.5) is 4.79 Å². The Labute approximate surface area is 289 Å². The van der Waals surface area contributed by atoms with Crippen molar-refractivity contribution in [3.63, 3.8) is 0 Å². The van der Waals surface area contributed by atoms with E-state index in [9.17, 15) is 24.3 Å². The lowest BCUT2D eigenvalue weighted by molar-refractivity contribution is -0.148. The van der Waals surface area contributed by atoms with Crippen LogP contribution in [0.15, 0.2) is 60.8 Å². The number of carbonyl (C=O) groups is 4. The van der Waals surface area contributed by atoms with Crippen LogP contribution in [-0.2, 0) is 23.5 Å². The van der Waals surface area contributed by atoms with Crippen LogP contribution < -0.4 is 14.8 Å². The molecule has 49 heavy (non-hydrogen) atoms. The van der Waals surface area contributed by atoms with Gasteiger partial charge in [0.2, 0.25) is 11.8 Å². The van der Waals surface area contributed by atoms with E-state index in [1.54, 1.807) is 56.3 Å². The highest BCUT2D eigenvalue weighted by molar-refractivity contribution is 6.74.